The molecule has 2 atom stereocenters. The molecule has 0 fully saturated rings. The van der Waals surface area contributed by atoms with Crippen molar-refractivity contribution in [2.45, 2.75) is 0 Å². The molecule has 0 bridgehead atoms. The Morgan fingerprint density at radius 1 is 1.38 bits per heavy atom. The molecule has 0 saturated carbocycles. The van der Waals surface area contributed by atoms with Gasteiger partial charge in [-0.25, -0.2) is 0 Å². The van der Waals surface area contributed by atoms with Gasteiger partial charge in [-0.1, -0.05) is 8.79 Å². The molecule has 0 spiro atoms. The molecule has 0 aromatic heterocycles. The molecule has 8 heavy (non-hydrogen) atoms. The molecule has 0 saturated heterocycles. The maximum Gasteiger partial charge on any atom is 0.282 e. The Hall–Kier alpha value is 3.28. The third-order valence-electron chi connectivity index (χ3n) is 0. The van der Waals surface area contributed by atoms with Gasteiger partial charge in [-0.2, -0.15) is 9.90 Å². The summed E-state index contributed by atoms with van der Waals surface area (Å²) in [6.45, 7) is 0. The normalized spacial score (nSPS) is 1.62. The first-order chi connectivity index (χ1) is 1.41. The van der Waals surface area contributed by atoms with Gasteiger partial charge in [0.2, 0.25) is 0 Å². The van der Waals surface area contributed by atoms with E-state index in [4.69, 9.17) is 4.46 Å². The zero-order chi connectivity index (χ0) is 2.71. The van der Waals surface area contributed by atoms with E-state index in [-0.39, 0.29) is 85.8 Å². The largest absolute Gasteiger partial charge is 0.387 e. The average Bonchev–Trinajstić information content (AvgIpc) is 0.918. The zero-order valence-electron chi connectivity index (χ0n) is 4.48. The van der Waals surface area contributed by atoms with Crippen LogP contribution < -0.4 is 0 Å². The van der Waals surface area contributed by atoms with Crippen LogP contribution in [0.15, 0.2) is 0 Å². The maximum atomic E-state index is 8.98. The molecule has 0 N–H and O–H groups in total. The van der Waals surface area contributed by atoms with Crippen LogP contribution in [0.4, 0.5) is 0 Å². The predicted molar refractivity (Wildman–Crippen MR) is 47.1 cm³/mol. The van der Waals surface area contributed by atoms with Crippen LogP contribution in [0.5, 0.6) is 0 Å². The summed E-state index contributed by atoms with van der Waals surface area (Å²) in [6.07, 6.45) is 0. The molecule has 0 aliphatic heterocycles. The maximum absolute atomic E-state index is 8.98. The molecule has 0 aliphatic carbocycles. The molecule has 0 aromatic rings. The van der Waals surface area contributed by atoms with Gasteiger partial charge in [0, 0.05) is 41.2 Å². The fourth-order valence-corrected chi connectivity index (χ4v) is 0. The van der Waals surface area contributed by atoms with E-state index < -0.39 is 9.07 Å². The Balaban J connectivity index is -0.00000000200. The van der Waals surface area contributed by atoms with Gasteiger partial charge < -0.3 is 4.46 Å². The van der Waals surface area contributed by atoms with Crippen LogP contribution in [0.2, 0.25) is 0 Å². The van der Waals surface area contributed by atoms with E-state index in [2.05, 4.69) is 8.79 Å². The van der Waals surface area contributed by atoms with Crippen molar-refractivity contribution in [2.24, 2.45) is 0 Å². The fraction of sp³-hybridized carbons (Fsp3) is 0. The molecular formula is H11Al2OP2SiTiZn. The second-order valence-corrected chi connectivity index (χ2v) is 1.22. The average molecular weight is 284 g/mol. The summed E-state index contributed by atoms with van der Waals surface area (Å²) in [5.41, 5.74) is 0. The minimum absolute atomic E-state index is 0. The third kappa shape index (κ3) is 59.1. The first-order valence-electron chi connectivity index (χ1n) is 0.569. The van der Waals surface area contributed by atoms with Gasteiger partial charge >= 0.3 is 0 Å². The van der Waals surface area contributed by atoms with E-state index in [0.29, 0.717) is 0 Å². The van der Waals surface area contributed by atoms with Gasteiger partial charge in [-0.15, -0.1) is 0 Å². The van der Waals surface area contributed by atoms with E-state index in [9.17, 15) is 0 Å². The van der Waals surface area contributed by atoms with Crippen molar-refractivity contribution in [1.82, 2.24) is 0 Å². The number of hydrogen-bond donors (Lipinski definition) is 0. The van der Waals surface area contributed by atoms with Gasteiger partial charge in [0.05, 0.1) is 0 Å². The monoisotopic (exact) mass is 283 g/mol. The van der Waals surface area contributed by atoms with E-state index in [1.54, 1.807) is 0 Å². The standard InChI is InChI=1S/2Al.H3OPSi.H3P.Ti.Zn.5H/c;;1-3-2;;;;;;;;/h;;3H,2H2;1H3;;;;;;;. The molecule has 2 unspecified atom stereocenters. The van der Waals surface area contributed by atoms with E-state index in [1.807, 2.05) is 0 Å². The summed E-state index contributed by atoms with van der Waals surface area (Å²) < 4.78 is 8.98. The van der Waals surface area contributed by atoms with E-state index in [1.165, 1.54) is 0 Å². The quantitative estimate of drug-likeness (QED) is 0.355. The van der Waals surface area contributed by atoms with Crippen LogP contribution in [0, 0.1) is 0 Å². The fourth-order valence-electron chi connectivity index (χ4n) is 0. The van der Waals surface area contributed by atoms with Crippen molar-refractivity contribution in [1.29, 1.82) is 0 Å². The zero-order valence-corrected chi connectivity index (χ0v) is 14.7. The van der Waals surface area contributed by atoms with Crippen LogP contribution in [0.1, 0.15) is 0 Å². The molecule has 8 heteroatoms. The van der Waals surface area contributed by atoms with Crippen LogP contribution >= 0.6 is 18.7 Å². The Labute approximate surface area is 107 Å². The van der Waals surface area contributed by atoms with Crippen molar-refractivity contribution in [3.05, 3.63) is 0 Å². The SMILES string of the molecule is O=[SiH]P.P.[AlH2].[AlH3].[Ti].[Zn]. The van der Waals surface area contributed by atoms with E-state index >= 15 is 0 Å². The molecular weight excluding hydrogens is 273 g/mol. The predicted octanol–water partition coefficient (Wildman–Crippen LogP) is -2.49. The van der Waals surface area contributed by atoms with Gasteiger partial charge in [-0.05, 0) is 0 Å². The minimum Gasteiger partial charge on any atom is -0.387 e. The van der Waals surface area contributed by atoms with Crippen LogP contribution in [0.3, 0.4) is 0 Å². The van der Waals surface area contributed by atoms with Crippen molar-refractivity contribution < 1.29 is 45.7 Å². The van der Waals surface area contributed by atoms with E-state index in [0.717, 1.165) is 0 Å². The topological polar surface area (TPSA) is 17.1 Å². The second kappa shape index (κ2) is 48.3. The summed E-state index contributed by atoms with van der Waals surface area (Å²) >= 11 is 0. The second-order valence-electron chi connectivity index (χ2n) is 0.136. The Bertz CT molecular complexity index is 27.5. The Morgan fingerprint density at radius 3 is 1.38 bits per heavy atom. The van der Waals surface area contributed by atoms with Gasteiger partial charge in [0.15, 0.2) is 17.4 Å². The minimum atomic E-state index is -0.583. The molecule has 1 radical (unpaired) electrons. The molecule has 1 nitrogen and oxygen atoms in total. The molecule has 0 heterocycles. The van der Waals surface area contributed by atoms with Crippen molar-refractivity contribution in [3.63, 3.8) is 0 Å². The van der Waals surface area contributed by atoms with Gasteiger partial charge in [0.25, 0.3) is 9.07 Å². The van der Waals surface area contributed by atoms with Crippen molar-refractivity contribution in [2.75, 3.05) is 0 Å². The van der Waals surface area contributed by atoms with Gasteiger partial charge in [-0.3, -0.25) is 0 Å². The molecule has 43 valence electrons. The molecule has 0 aliphatic rings. The molecule has 0 aromatic carbocycles. The van der Waals surface area contributed by atoms with Crippen LogP contribution in [0.25, 0.3) is 0 Å². The first-order valence-corrected chi connectivity index (χ1v) is 3.71. The Morgan fingerprint density at radius 2 is 1.38 bits per heavy atom. The smallest absolute Gasteiger partial charge is 0.282 e. The summed E-state index contributed by atoms with van der Waals surface area (Å²) in [7, 11) is 1.52. The molecule has 0 amide bonds. The summed E-state index contributed by atoms with van der Waals surface area (Å²) in [6, 6.07) is 0. The summed E-state index contributed by atoms with van der Waals surface area (Å²) in [5, 5.41) is 0. The number of rotatable bonds is 0. The first kappa shape index (κ1) is 42.8. The summed E-state index contributed by atoms with van der Waals surface area (Å²) in [5.74, 6) is 0. The number of hydrogen-bond acceptors (Lipinski definition) is 1. The van der Waals surface area contributed by atoms with Crippen LogP contribution in [-0.2, 0) is 45.7 Å². The third-order valence-corrected chi connectivity index (χ3v) is 0. The summed E-state index contributed by atoms with van der Waals surface area (Å²) in [4.78, 5) is 0. The Kier molecular flexibility index (Phi) is 258. The van der Waals surface area contributed by atoms with Crippen LogP contribution in [-0.4, -0.2) is 43.8 Å². The molecule has 0 rings (SSSR count). The van der Waals surface area contributed by atoms with Crippen molar-refractivity contribution >= 4 is 62.5 Å². The van der Waals surface area contributed by atoms with Crippen molar-refractivity contribution in [3.8, 4) is 0 Å². The van der Waals surface area contributed by atoms with Gasteiger partial charge in [0.1, 0.15) is 17.4 Å².